The molecule has 0 saturated carbocycles. The van der Waals surface area contributed by atoms with Crippen molar-refractivity contribution < 1.29 is 9.47 Å². The number of rotatable bonds is 0. The summed E-state index contributed by atoms with van der Waals surface area (Å²) in [6, 6.07) is 3.84. The number of hydrogen-bond acceptors (Lipinski definition) is 6. The van der Waals surface area contributed by atoms with Crippen LogP contribution < -0.4 is 10.5 Å². The van der Waals surface area contributed by atoms with Gasteiger partial charge in [-0.2, -0.15) is 0 Å². The van der Waals surface area contributed by atoms with Crippen LogP contribution in [0.3, 0.4) is 0 Å². The van der Waals surface area contributed by atoms with Crippen LogP contribution in [0.2, 0.25) is 0 Å². The van der Waals surface area contributed by atoms with Gasteiger partial charge in [0.2, 0.25) is 11.8 Å². The topological polar surface area (TPSA) is 83.2 Å². The van der Waals surface area contributed by atoms with Crippen LogP contribution in [0.4, 0.5) is 5.95 Å². The molecule has 0 aliphatic carbocycles. The van der Waals surface area contributed by atoms with Gasteiger partial charge in [0.25, 0.3) is 0 Å². The molecule has 0 amide bonds. The van der Waals surface area contributed by atoms with E-state index in [1.807, 2.05) is 12.1 Å². The average molecular weight is 270 g/mol. The molecule has 6 heteroatoms. The molecule has 4 heterocycles. The minimum atomic E-state index is -0.494. The Morgan fingerprint density at radius 2 is 2.00 bits per heavy atom. The summed E-state index contributed by atoms with van der Waals surface area (Å²) < 4.78 is 11.7. The fourth-order valence-corrected chi connectivity index (χ4v) is 2.89. The normalized spacial score (nSPS) is 19.0. The van der Waals surface area contributed by atoms with Crippen LogP contribution in [0, 0.1) is 0 Å². The summed E-state index contributed by atoms with van der Waals surface area (Å²) in [5.74, 6) is 0.904. The lowest BCUT2D eigenvalue weighted by Crippen LogP contribution is -2.42. The van der Waals surface area contributed by atoms with Gasteiger partial charge in [-0.15, -0.1) is 0 Å². The van der Waals surface area contributed by atoms with E-state index in [0.717, 1.165) is 29.7 Å². The molecule has 2 aliphatic rings. The van der Waals surface area contributed by atoms with Gasteiger partial charge in [0.15, 0.2) is 5.60 Å². The molecule has 1 spiro atoms. The molecule has 0 atom stereocenters. The Hall–Kier alpha value is -2.21. The molecule has 0 aromatic carbocycles. The van der Waals surface area contributed by atoms with Gasteiger partial charge >= 0.3 is 0 Å². The molecule has 1 fully saturated rings. The van der Waals surface area contributed by atoms with E-state index >= 15 is 0 Å². The second-order valence-corrected chi connectivity index (χ2v) is 5.06. The standard InChI is InChI=1S/C14H14N4O2/c15-13-17-8-10-9-2-1-5-16-12(9)20-14(11(10)18-13)3-6-19-7-4-14/h1-2,5,8H,3-4,6-7H2,(H2,15,17,18). The zero-order valence-electron chi connectivity index (χ0n) is 10.9. The molecule has 4 rings (SSSR count). The van der Waals surface area contributed by atoms with Crippen molar-refractivity contribution in [3.05, 3.63) is 30.2 Å². The number of aromatic nitrogens is 3. The van der Waals surface area contributed by atoms with Crippen LogP contribution in [0.25, 0.3) is 11.1 Å². The second-order valence-electron chi connectivity index (χ2n) is 5.06. The van der Waals surface area contributed by atoms with Crippen molar-refractivity contribution in [1.29, 1.82) is 0 Å². The summed E-state index contributed by atoms with van der Waals surface area (Å²) in [6.07, 6.45) is 4.98. The lowest BCUT2D eigenvalue weighted by Gasteiger charge is -2.40. The number of anilines is 1. The van der Waals surface area contributed by atoms with E-state index in [1.165, 1.54) is 0 Å². The van der Waals surface area contributed by atoms with E-state index in [2.05, 4.69) is 15.0 Å². The number of nitrogens with zero attached hydrogens (tertiary/aromatic N) is 3. The molecule has 2 aromatic rings. The second kappa shape index (κ2) is 4.14. The number of pyridine rings is 1. The Kier molecular flexibility index (Phi) is 2.40. The molecule has 1 saturated heterocycles. The fraction of sp³-hybridized carbons (Fsp3) is 0.357. The first-order valence-electron chi connectivity index (χ1n) is 6.64. The Balaban J connectivity index is 1.96. The molecule has 2 N–H and O–H groups in total. The van der Waals surface area contributed by atoms with Gasteiger partial charge in [-0.05, 0) is 12.1 Å². The number of fused-ring (bicyclic) bond motifs is 4. The van der Waals surface area contributed by atoms with E-state index in [-0.39, 0.29) is 5.95 Å². The quantitative estimate of drug-likeness (QED) is 0.781. The third-order valence-electron chi connectivity index (χ3n) is 3.89. The highest BCUT2D eigenvalue weighted by molar-refractivity contribution is 5.73. The summed E-state index contributed by atoms with van der Waals surface area (Å²) >= 11 is 0. The summed E-state index contributed by atoms with van der Waals surface area (Å²) in [6.45, 7) is 1.29. The van der Waals surface area contributed by atoms with Gasteiger partial charge in [-0.25, -0.2) is 15.0 Å². The van der Waals surface area contributed by atoms with Crippen LogP contribution >= 0.6 is 0 Å². The van der Waals surface area contributed by atoms with Crippen LogP contribution in [0.1, 0.15) is 18.5 Å². The summed E-state index contributed by atoms with van der Waals surface area (Å²) in [5, 5.41) is 0. The molecular formula is C14H14N4O2. The molecular weight excluding hydrogens is 256 g/mol. The number of nitrogens with two attached hydrogens (primary N) is 1. The molecule has 20 heavy (non-hydrogen) atoms. The maximum absolute atomic E-state index is 6.20. The van der Waals surface area contributed by atoms with Gasteiger partial charge in [0.05, 0.1) is 18.9 Å². The van der Waals surface area contributed by atoms with E-state index in [4.69, 9.17) is 15.2 Å². The monoisotopic (exact) mass is 270 g/mol. The highest BCUT2D eigenvalue weighted by atomic mass is 16.5. The number of nitrogen functional groups attached to an aromatic ring is 1. The highest BCUT2D eigenvalue weighted by Gasteiger charge is 2.44. The maximum atomic E-state index is 6.20. The molecule has 102 valence electrons. The zero-order valence-corrected chi connectivity index (χ0v) is 10.9. The van der Waals surface area contributed by atoms with Crippen LogP contribution in [-0.4, -0.2) is 28.2 Å². The van der Waals surface area contributed by atoms with E-state index in [1.54, 1.807) is 12.4 Å². The summed E-state index contributed by atoms with van der Waals surface area (Å²) in [5.41, 5.74) is 8.00. The van der Waals surface area contributed by atoms with Crippen molar-refractivity contribution in [3.63, 3.8) is 0 Å². The third kappa shape index (κ3) is 1.58. The van der Waals surface area contributed by atoms with Crippen molar-refractivity contribution in [3.8, 4) is 17.0 Å². The fourth-order valence-electron chi connectivity index (χ4n) is 2.89. The van der Waals surface area contributed by atoms with Gasteiger partial charge in [-0.3, -0.25) is 0 Å². The summed E-state index contributed by atoms with van der Waals surface area (Å²) in [4.78, 5) is 12.9. The maximum Gasteiger partial charge on any atom is 0.222 e. The van der Waals surface area contributed by atoms with Gasteiger partial charge < -0.3 is 15.2 Å². The highest BCUT2D eigenvalue weighted by Crippen LogP contribution is 2.47. The van der Waals surface area contributed by atoms with Crippen LogP contribution in [0.15, 0.2) is 24.5 Å². The molecule has 6 nitrogen and oxygen atoms in total. The predicted octanol–water partition coefficient (Wildman–Crippen LogP) is 1.52. The van der Waals surface area contributed by atoms with E-state index in [9.17, 15) is 0 Å². The molecule has 0 unspecified atom stereocenters. The van der Waals surface area contributed by atoms with Gasteiger partial charge in [0.1, 0.15) is 0 Å². The Bertz CT molecular complexity index is 668. The Morgan fingerprint density at radius 3 is 2.85 bits per heavy atom. The minimum Gasteiger partial charge on any atom is -0.464 e. The lowest BCUT2D eigenvalue weighted by molar-refractivity contribution is -0.0563. The first kappa shape index (κ1) is 11.6. The van der Waals surface area contributed by atoms with Gasteiger partial charge in [0, 0.05) is 36.4 Å². The largest absolute Gasteiger partial charge is 0.464 e. The first-order chi connectivity index (χ1) is 9.78. The Morgan fingerprint density at radius 1 is 1.15 bits per heavy atom. The Labute approximate surface area is 116 Å². The number of hydrogen-bond donors (Lipinski definition) is 1. The lowest BCUT2D eigenvalue weighted by atomic mass is 9.84. The average Bonchev–Trinajstić information content (AvgIpc) is 2.49. The van der Waals surface area contributed by atoms with Crippen molar-refractivity contribution in [2.45, 2.75) is 18.4 Å². The number of ether oxygens (including phenoxy) is 2. The zero-order chi connectivity index (χ0) is 13.6. The van der Waals surface area contributed by atoms with E-state index in [0.29, 0.717) is 19.1 Å². The predicted molar refractivity (Wildman–Crippen MR) is 72.0 cm³/mol. The van der Waals surface area contributed by atoms with Crippen LogP contribution in [0.5, 0.6) is 5.88 Å². The molecule has 0 bridgehead atoms. The van der Waals surface area contributed by atoms with Crippen molar-refractivity contribution >= 4 is 5.95 Å². The molecule has 2 aromatic heterocycles. The summed E-state index contributed by atoms with van der Waals surface area (Å²) in [7, 11) is 0. The van der Waals surface area contributed by atoms with Crippen molar-refractivity contribution in [1.82, 2.24) is 15.0 Å². The third-order valence-corrected chi connectivity index (χ3v) is 3.89. The van der Waals surface area contributed by atoms with Gasteiger partial charge in [-0.1, -0.05) is 0 Å². The SMILES string of the molecule is Nc1ncc2c(n1)C1(CCOCC1)Oc1ncccc1-2. The van der Waals surface area contributed by atoms with Crippen molar-refractivity contribution in [2.75, 3.05) is 18.9 Å². The first-order valence-corrected chi connectivity index (χ1v) is 6.64. The van der Waals surface area contributed by atoms with E-state index < -0.39 is 5.60 Å². The van der Waals surface area contributed by atoms with Crippen LogP contribution in [-0.2, 0) is 10.3 Å². The molecule has 0 radical (unpaired) electrons. The van der Waals surface area contributed by atoms with Crippen molar-refractivity contribution in [2.24, 2.45) is 0 Å². The smallest absolute Gasteiger partial charge is 0.222 e. The molecule has 2 aliphatic heterocycles. The minimum absolute atomic E-state index is 0.269.